The van der Waals surface area contributed by atoms with Gasteiger partial charge in [0.25, 0.3) is 0 Å². The van der Waals surface area contributed by atoms with Crippen LogP contribution < -0.4 is 0 Å². The summed E-state index contributed by atoms with van der Waals surface area (Å²) >= 11 is 0. The summed E-state index contributed by atoms with van der Waals surface area (Å²) in [6, 6.07) is 77.4. The SMILES string of the molecule is c1ccc(-c2nc(-c3ccccc3)nc(-c3ccc(-n4c5ccccc5c5ccc6c7ccccc7n(-c7cccc8c7c7ccccc7n8-c7ccccc7)c6c54)cc3)n2)cc1. The predicted molar refractivity (Wildman–Crippen MR) is 259 cm³/mol. The van der Waals surface area contributed by atoms with Crippen LogP contribution in [0.3, 0.4) is 0 Å². The molecule has 0 amide bonds. The molecule has 13 rings (SSSR count). The largest absolute Gasteiger partial charge is 0.309 e. The standard InChI is InChI=1S/C57H36N6/c1-4-17-37(18-5-1)55-58-56(38-19-6-2-7-20-38)60-57(59-55)39-31-33-41(34-32-39)62-47-26-13-10-23-42(47)44-35-36-45-43-24-11-14-27-48(43)63(54(45)53(44)62)51-30-16-29-50-52(51)46-25-12-15-28-49(46)61(50)40-21-8-3-9-22-40/h1-36H. The molecule has 0 N–H and O–H groups in total. The van der Waals surface area contributed by atoms with Crippen LogP contribution in [0.1, 0.15) is 0 Å². The molecule has 0 aliphatic carbocycles. The lowest BCUT2D eigenvalue weighted by molar-refractivity contribution is 1.07. The van der Waals surface area contributed by atoms with Gasteiger partial charge in [-0.1, -0.05) is 152 Å². The van der Waals surface area contributed by atoms with Gasteiger partial charge in [-0.25, -0.2) is 15.0 Å². The summed E-state index contributed by atoms with van der Waals surface area (Å²) in [6.07, 6.45) is 0. The minimum Gasteiger partial charge on any atom is -0.309 e. The fraction of sp³-hybridized carbons (Fsp3) is 0. The first-order chi connectivity index (χ1) is 31.3. The molecular formula is C57H36N6. The van der Waals surface area contributed by atoms with Gasteiger partial charge in [-0.05, 0) is 66.7 Å². The molecule has 0 bridgehead atoms. The Morgan fingerprint density at radius 3 is 1.24 bits per heavy atom. The fourth-order valence-corrected chi connectivity index (χ4v) is 9.76. The van der Waals surface area contributed by atoms with Crippen LogP contribution >= 0.6 is 0 Å². The van der Waals surface area contributed by atoms with Crippen molar-refractivity contribution >= 4 is 65.4 Å². The average molecular weight is 805 g/mol. The van der Waals surface area contributed by atoms with E-state index < -0.39 is 0 Å². The number of fused-ring (bicyclic) bond motifs is 10. The maximum atomic E-state index is 5.04. The number of aromatic nitrogens is 6. The maximum absolute atomic E-state index is 5.04. The van der Waals surface area contributed by atoms with Crippen LogP contribution in [0.25, 0.3) is 117 Å². The molecule has 63 heavy (non-hydrogen) atoms. The smallest absolute Gasteiger partial charge is 0.164 e. The molecule has 0 radical (unpaired) electrons. The van der Waals surface area contributed by atoms with Gasteiger partial charge in [0, 0.05) is 60.4 Å². The van der Waals surface area contributed by atoms with Crippen LogP contribution in [0, 0.1) is 0 Å². The molecule has 0 unspecified atom stereocenters. The lowest BCUT2D eigenvalue weighted by Crippen LogP contribution is -2.01. The molecule has 4 aromatic heterocycles. The van der Waals surface area contributed by atoms with Crippen molar-refractivity contribution < 1.29 is 0 Å². The average Bonchev–Trinajstić information content (AvgIpc) is 4.01. The Morgan fingerprint density at radius 2 is 0.667 bits per heavy atom. The molecule has 0 atom stereocenters. The number of rotatable bonds is 6. The van der Waals surface area contributed by atoms with Crippen LogP contribution in [0.4, 0.5) is 0 Å². The number of hydrogen-bond donors (Lipinski definition) is 0. The van der Waals surface area contributed by atoms with E-state index in [0.29, 0.717) is 17.5 Å². The van der Waals surface area contributed by atoms with Crippen molar-refractivity contribution in [2.75, 3.05) is 0 Å². The summed E-state index contributed by atoms with van der Waals surface area (Å²) < 4.78 is 7.36. The molecule has 0 aliphatic heterocycles. The molecule has 294 valence electrons. The maximum Gasteiger partial charge on any atom is 0.164 e. The van der Waals surface area contributed by atoms with Crippen LogP contribution in [0.5, 0.6) is 0 Å². The Kier molecular flexibility index (Phi) is 7.80. The summed E-state index contributed by atoms with van der Waals surface area (Å²) in [6.45, 7) is 0. The van der Waals surface area contributed by atoms with Gasteiger partial charge in [0.2, 0.25) is 0 Å². The highest BCUT2D eigenvalue weighted by Gasteiger charge is 2.24. The van der Waals surface area contributed by atoms with Gasteiger partial charge in [-0.15, -0.1) is 0 Å². The van der Waals surface area contributed by atoms with Gasteiger partial charge < -0.3 is 13.7 Å². The number of nitrogens with zero attached hydrogens (tertiary/aromatic N) is 6. The highest BCUT2D eigenvalue weighted by Crippen LogP contribution is 2.44. The van der Waals surface area contributed by atoms with Crippen molar-refractivity contribution in [3.8, 4) is 51.2 Å². The van der Waals surface area contributed by atoms with Crippen LogP contribution in [0.2, 0.25) is 0 Å². The molecule has 9 aromatic carbocycles. The van der Waals surface area contributed by atoms with E-state index in [1.165, 1.54) is 43.4 Å². The first kappa shape index (κ1) is 35.2. The monoisotopic (exact) mass is 804 g/mol. The van der Waals surface area contributed by atoms with Gasteiger partial charge in [0.05, 0.1) is 38.8 Å². The molecule has 0 saturated carbocycles. The Bertz CT molecular complexity index is 3820. The Morgan fingerprint density at radius 1 is 0.254 bits per heavy atom. The molecule has 6 heteroatoms. The summed E-state index contributed by atoms with van der Waals surface area (Å²) in [4.78, 5) is 15.0. The van der Waals surface area contributed by atoms with E-state index in [1.807, 2.05) is 60.7 Å². The lowest BCUT2D eigenvalue weighted by atomic mass is 10.1. The first-order valence-corrected chi connectivity index (χ1v) is 21.3. The molecule has 13 aromatic rings. The second kappa shape index (κ2) is 14.0. The molecule has 0 aliphatic rings. The van der Waals surface area contributed by atoms with E-state index >= 15 is 0 Å². The zero-order valence-electron chi connectivity index (χ0n) is 34.0. The zero-order chi connectivity index (χ0) is 41.4. The van der Waals surface area contributed by atoms with Gasteiger partial charge in [-0.3, -0.25) is 0 Å². The summed E-state index contributed by atoms with van der Waals surface area (Å²) in [5, 5.41) is 7.24. The minimum absolute atomic E-state index is 0.627. The zero-order valence-corrected chi connectivity index (χ0v) is 34.0. The number of para-hydroxylation sites is 4. The topological polar surface area (TPSA) is 53.5 Å². The molecule has 0 saturated heterocycles. The van der Waals surface area contributed by atoms with Crippen molar-refractivity contribution in [3.05, 3.63) is 218 Å². The van der Waals surface area contributed by atoms with Crippen molar-refractivity contribution in [3.63, 3.8) is 0 Å². The molecular weight excluding hydrogens is 769 g/mol. The quantitative estimate of drug-likeness (QED) is 0.168. The van der Waals surface area contributed by atoms with Crippen LogP contribution in [0.15, 0.2) is 218 Å². The van der Waals surface area contributed by atoms with E-state index in [1.54, 1.807) is 0 Å². The van der Waals surface area contributed by atoms with E-state index in [2.05, 4.69) is 171 Å². The van der Waals surface area contributed by atoms with Crippen molar-refractivity contribution in [2.24, 2.45) is 0 Å². The normalized spacial score (nSPS) is 11.8. The summed E-state index contributed by atoms with van der Waals surface area (Å²) in [5.74, 6) is 1.91. The molecule has 0 spiro atoms. The van der Waals surface area contributed by atoms with Crippen LogP contribution in [-0.4, -0.2) is 28.7 Å². The van der Waals surface area contributed by atoms with Gasteiger partial charge in [0.1, 0.15) is 0 Å². The Labute approximate surface area is 362 Å². The van der Waals surface area contributed by atoms with Crippen molar-refractivity contribution in [1.29, 1.82) is 0 Å². The third-order valence-corrected chi connectivity index (χ3v) is 12.5. The fourth-order valence-electron chi connectivity index (χ4n) is 9.76. The minimum atomic E-state index is 0.627. The van der Waals surface area contributed by atoms with Gasteiger partial charge in [-0.2, -0.15) is 0 Å². The second-order valence-electron chi connectivity index (χ2n) is 16.0. The Hall–Kier alpha value is -8.61. The molecule has 6 nitrogen and oxygen atoms in total. The van der Waals surface area contributed by atoms with E-state index in [4.69, 9.17) is 15.0 Å². The molecule has 4 heterocycles. The van der Waals surface area contributed by atoms with E-state index in [0.717, 1.165) is 55.8 Å². The second-order valence-corrected chi connectivity index (χ2v) is 16.0. The Balaban J connectivity index is 1.07. The third-order valence-electron chi connectivity index (χ3n) is 12.5. The van der Waals surface area contributed by atoms with Crippen molar-refractivity contribution in [2.45, 2.75) is 0 Å². The van der Waals surface area contributed by atoms with Gasteiger partial charge >= 0.3 is 0 Å². The van der Waals surface area contributed by atoms with E-state index in [9.17, 15) is 0 Å². The first-order valence-electron chi connectivity index (χ1n) is 21.3. The predicted octanol–water partition coefficient (Wildman–Crippen LogP) is 14.2. The van der Waals surface area contributed by atoms with E-state index in [-0.39, 0.29) is 0 Å². The van der Waals surface area contributed by atoms with Crippen LogP contribution in [-0.2, 0) is 0 Å². The highest BCUT2D eigenvalue weighted by atomic mass is 15.1. The van der Waals surface area contributed by atoms with Gasteiger partial charge in [0.15, 0.2) is 17.5 Å². The number of hydrogen-bond acceptors (Lipinski definition) is 3. The summed E-state index contributed by atoms with van der Waals surface area (Å²) in [5.41, 5.74) is 13.1. The van der Waals surface area contributed by atoms with Crippen molar-refractivity contribution in [1.82, 2.24) is 28.7 Å². The highest BCUT2D eigenvalue weighted by molar-refractivity contribution is 6.25. The third kappa shape index (κ3) is 5.41. The molecule has 0 fully saturated rings. The number of benzene rings is 9. The lowest BCUT2D eigenvalue weighted by Gasteiger charge is -2.14. The summed E-state index contributed by atoms with van der Waals surface area (Å²) in [7, 11) is 0.